The fourth-order valence-electron chi connectivity index (χ4n) is 2.59. The van der Waals surface area contributed by atoms with Gasteiger partial charge in [0.05, 0.1) is 17.0 Å². The summed E-state index contributed by atoms with van der Waals surface area (Å²) >= 11 is 3.30. The summed E-state index contributed by atoms with van der Waals surface area (Å²) in [4.78, 5) is 20.1. The molecule has 0 aliphatic carbocycles. The second-order valence-corrected chi connectivity index (χ2v) is 7.05. The van der Waals surface area contributed by atoms with E-state index in [9.17, 15) is 4.79 Å². The molecular weight excluding hydrogens is 302 g/mol. The molecule has 6 heteroatoms. The van der Waals surface area contributed by atoms with Crippen LogP contribution >= 0.6 is 22.7 Å². The molecule has 2 aromatic heterocycles. The number of hydrogen-bond acceptors (Lipinski definition) is 5. The highest BCUT2D eigenvalue weighted by molar-refractivity contribution is 7.20. The van der Waals surface area contributed by atoms with Crippen LogP contribution in [0.5, 0.6) is 0 Å². The van der Waals surface area contributed by atoms with Crippen LogP contribution < -0.4 is 5.32 Å². The van der Waals surface area contributed by atoms with E-state index in [4.69, 9.17) is 0 Å². The van der Waals surface area contributed by atoms with Crippen molar-refractivity contribution in [3.8, 4) is 9.88 Å². The van der Waals surface area contributed by atoms with Crippen molar-refractivity contribution in [3.63, 3.8) is 0 Å². The Morgan fingerprint density at radius 2 is 2.24 bits per heavy atom. The zero-order chi connectivity index (χ0) is 14.7. The van der Waals surface area contributed by atoms with Gasteiger partial charge in [0, 0.05) is 24.5 Å². The number of rotatable bonds is 4. The Morgan fingerprint density at radius 1 is 1.43 bits per heavy atom. The highest BCUT2D eigenvalue weighted by Gasteiger charge is 2.22. The number of thiophene rings is 1. The SMILES string of the molecule is CNC1CCN(C(=O)Cc2csc(-c3cccs3)n2)CC1. The van der Waals surface area contributed by atoms with Crippen LogP contribution in [0.2, 0.25) is 0 Å². The molecule has 112 valence electrons. The molecule has 4 nitrogen and oxygen atoms in total. The van der Waals surface area contributed by atoms with Gasteiger partial charge in [-0.05, 0) is 31.3 Å². The van der Waals surface area contributed by atoms with Crippen LogP contribution in [-0.2, 0) is 11.2 Å². The lowest BCUT2D eigenvalue weighted by atomic mass is 10.0. The Balaban J connectivity index is 1.58. The predicted octanol–water partition coefficient (Wildman–Crippen LogP) is 2.62. The van der Waals surface area contributed by atoms with Crippen LogP contribution in [0.1, 0.15) is 18.5 Å². The van der Waals surface area contributed by atoms with Gasteiger partial charge >= 0.3 is 0 Å². The summed E-state index contributed by atoms with van der Waals surface area (Å²) in [6.07, 6.45) is 2.51. The molecule has 0 bridgehead atoms. The molecule has 21 heavy (non-hydrogen) atoms. The summed E-state index contributed by atoms with van der Waals surface area (Å²) < 4.78 is 0. The molecule has 0 atom stereocenters. The molecule has 1 saturated heterocycles. The van der Waals surface area contributed by atoms with Gasteiger partial charge in [0.1, 0.15) is 5.01 Å². The number of piperidine rings is 1. The highest BCUT2D eigenvalue weighted by Crippen LogP contribution is 2.28. The highest BCUT2D eigenvalue weighted by atomic mass is 32.1. The number of likely N-dealkylation sites (tertiary alicyclic amines) is 1. The quantitative estimate of drug-likeness (QED) is 0.941. The van der Waals surface area contributed by atoms with E-state index in [1.807, 2.05) is 28.8 Å². The molecule has 0 spiro atoms. The number of thiazole rings is 1. The summed E-state index contributed by atoms with van der Waals surface area (Å²) in [5.74, 6) is 0.201. The number of nitrogens with zero attached hydrogens (tertiary/aromatic N) is 2. The Labute approximate surface area is 132 Å². The van der Waals surface area contributed by atoms with E-state index in [1.54, 1.807) is 22.7 Å². The van der Waals surface area contributed by atoms with Crippen molar-refractivity contribution in [1.82, 2.24) is 15.2 Å². The van der Waals surface area contributed by atoms with Crippen LogP contribution in [0.3, 0.4) is 0 Å². The van der Waals surface area contributed by atoms with E-state index >= 15 is 0 Å². The molecular formula is C15H19N3OS2. The maximum absolute atomic E-state index is 12.3. The van der Waals surface area contributed by atoms with Gasteiger partial charge < -0.3 is 10.2 Å². The van der Waals surface area contributed by atoms with Gasteiger partial charge in [0.2, 0.25) is 5.91 Å². The number of carbonyl (C=O) groups is 1. The first-order chi connectivity index (χ1) is 10.3. The molecule has 1 N–H and O–H groups in total. The van der Waals surface area contributed by atoms with Gasteiger partial charge in [-0.1, -0.05) is 6.07 Å². The first kappa shape index (κ1) is 14.7. The zero-order valence-corrected chi connectivity index (χ0v) is 13.7. The maximum Gasteiger partial charge on any atom is 0.228 e. The Bertz CT molecular complexity index is 586. The van der Waals surface area contributed by atoms with Crippen LogP contribution in [0.15, 0.2) is 22.9 Å². The van der Waals surface area contributed by atoms with Crippen molar-refractivity contribution < 1.29 is 4.79 Å². The molecule has 3 rings (SSSR count). The average molecular weight is 321 g/mol. The average Bonchev–Trinajstić information content (AvgIpc) is 3.18. The van der Waals surface area contributed by atoms with E-state index in [2.05, 4.69) is 16.4 Å². The Hall–Kier alpha value is -1.24. The summed E-state index contributed by atoms with van der Waals surface area (Å²) in [7, 11) is 1.99. The predicted molar refractivity (Wildman–Crippen MR) is 87.8 cm³/mol. The zero-order valence-electron chi connectivity index (χ0n) is 12.0. The van der Waals surface area contributed by atoms with Gasteiger partial charge in [0.25, 0.3) is 0 Å². The van der Waals surface area contributed by atoms with Gasteiger partial charge in [-0.15, -0.1) is 22.7 Å². The molecule has 2 aromatic rings. The molecule has 0 aromatic carbocycles. The largest absolute Gasteiger partial charge is 0.342 e. The number of carbonyl (C=O) groups excluding carboxylic acids is 1. The van der Waals surface area contributed by atoms with E-state index in [-0.39, 0.29) is 5.91 Å². The van der Waals surface area contributed by atoms with Crippen LogP contribution in [0.25, 0.3) is 9.88 Å². The van der Waals surface area contributed by atoms with Gasteiger partial charge in [0.15, 0.2) is 0 Å². The first-order valence-corrected chi connectivity index (χ1v) is 8.95. The second-order valence-electron chi connectivity index (χ2n) is 5.24. The van der Waals surface area contributed by atoms with E-state index in [1.165, 1.54) is 4.88 Å². The Kier molecular flexibility index (Phi) is 4.67. The first-order valence-electron chi connectivity index (χ1n) is 7.19. The van der Waals surface area contributed by atoms with Crippen molar-refractivity contribution in [3.05, 3.63) is 28.6 Å². The van der Waals surface area contributed by atoms with Crippen molar-refractivity contribution in [2.45, 2.75) is 25.3 Å². The fraction of sp³-hybridized carbons (Fsp3) is 0.467. The molecule has 1 fully saturated rings. The molecule has 1 aliphatic heterocycles. The smallest absolute Gasteiger partial charge is 0.228 e. The lowest BCUT2D eigenvalue weighted by molar-refractivity contribution is -0.131. The topological polar surface area (TPSA) is 45.2 Å². The lowest BCUT2D eigenvalue weighted by Crippen LogP contribution is -2.44. The van der Waals surface area contributed by atoms with Crippen molar-refractivity contribution in [2.24, 2.45) is 0 Å². The van der Waals surface area contributed by atoms with E-state index < -0.39 is 0 Å². The van der Waals surface area contributed by atoms with E-state index in [0.717, 1.165) is 36.6 Å². The third-order valence-corrected chi connectivity index (χ3v) is 5.80. The minimum absolute atomic E-state index is 0.201. The molecule has 1 amide bonds. The number of nitrogens with one attached hydrogen (secondary N) is 1. The normalized spacial score (nSPS) is 16.3. The van der Waals surface area contributed by atoms with Crippen molar-refractivity contribution in [2.75, 3.05) is 20.1 Å². The Morgan fingerprint density at radius 3 is 2.90 bits per heavy atom. The van der Waals surface area contributed by atoms with Crippen molar-refractivity contribution in [1.29, 1.82) is 0 Å². The molecule has 0 radical (unpaired) electrons. The minimum Gasteiger partial charge on any atom is -0.342 e. The van der Waals surface area contributed by atoms with Crippen LogP contribution in [0.4, 0.5) is 0 Å². The summed E-state index contributed by atoms with van der Waals surface area (Å²) in [5.41, 5.74) is 0.893. The third-order valence-electron chi connectivity index (χ3n) is 3.87. The standard InChI is InChI=1S/C15H19N3OS2/c1-16-11-4-6-18(7-5-11)14(19)9-12-10-21-15(17-12)13-3-2-8-20-13/h2-3,8,10-11,16H,4-7,9H2,1H3. The molecule has 1 aliphatic rings. The van der Waals surface area contributed by atoms with Crippen molar-refractivity contribution >= 4 is 28.6 Å². The summed E-state index contributed by atoms with van der Waals surface area (Å²) in [5, 5.41) is 8.36. The monoisotopic (exact) mass is 321 g/mol. The summed E-state index contributed by atoms with van der Waals surface area (Å²) in [6.45, 7) is 1.71. The molecule has 3 heterocycles. The molecule has 0 unspecified atom stereocenters. The summed E-state index contributed by atoms with van der Waals surface area (Å²) in [6, 6.07) is 4.65. The number of amides is 1. The lowest BCUT2D eigenvalue weighted by Gasteiger charge is -2.31. The minimum atomic E-state index is 0.201. The van der Waals surface area contributed by atoms with Gasteiger partial charge in [-0.25, -0.2) is 4.98 Å². The number of hydrogen-bond donors (Lipinski definition) is 1. The maximum atomic E-state index is 12.3. The van der Waals surface area contributed by atoms with Crippen LogP contribution in [0, 0.1) is 0 Å². The van der Waals surface area contributed by atoms with Crippen LogP contribution in [-0.4, -0.2) is 42.0 Å². The number of aromatic nitrogens is 1. The fourth-order valence-corrected chi connectivity index (χ4v) is 4.22. The third kappa shape index (κ3) is 3.51. The van der Waals surface area contributed by atoms with Gasteiger partial charge in [-0.3, -0.25) is 4.79 Å². The van der Waals surface area contributed by atoms with E-state index in [0.29, 0.717) is 12.5 Å². The second kappa shape index (κ2) is 6.68. The van der Waals surface area contributed by atoms with Gasteiger partial charge in [-0.2, -0.15) is 0 Å². The molecule has 0 saturated carbocycles.